The van der Waals surface area contributed by atoms with Crippen LogP contribution in [0, 0.1) is 0 Å². The average Bonchev–Trinajstić information content (AvgIpc) is 2.96. The fraction of sp³-hybridized carbons (Fsp3) is 0.267. The number of aromatic nitrogens is 1. The van der Waals surface area contributed by atoms with Crippen LogP contribution >= 0.6 is 23.1 Å². The summed E-state index contributed by atoms with van der Waals surface area (Å²) >= 11 is 2.83. The van der Waals surface area contributed by atoms with Crippen molar-refractivity contribution in [3.05, 3.63) is 35.7 Å². The molecule has 22 heavy (non-hydrogen) atoms. The third-order valence-electron chi connectivity index (χ3n) is 2.77. The van der Waals surface area contributed by atoms with E-state index in [2.05, 4.69) is 15.6 Å². The zero-order valence-corrected chi connectivity index (χ0v) is 14.0. The maximum atomic E-state index is 11.9. The van der Waals surface area contributed by atoms with E-state index in [0.29, 0.717) is 6.54 Å². The first-order chi connectivity index (χ1) is 10.6. The molecule has 0 radical (unpaired) electrons. The van der Waals surface area contributed by atoms with Crippen LogP contribution in [0.15, 0.2) is 40.1 Å². The van der Waals surface area contributed by atoms with Gasteiger partial charge < -0.3 is 5.32 Å². The van der Waals surface area contributed by atoms with Crippen LogP contribution in [0.25, 0.3) is 11.3 Å². The first-order valence-electron chi connectivity index (χ1n) is 6.86. The van der Waals surface area contributed by atoms with Gasteiger partial charge in [-0.1, -0.05) is 42.1 Å². The van der Waals surface area contributed by atoms with E-state index >= 15 is 0 Å². The fourth-order valence-corrected chi connectivity index (χ4v) is 3.65. The third kappa shape index (κ3) is 4.57. The van der Waals surface area contributed by atoms with Crippen LogP contribution in [-0.2, 0) is 4.79 Å². The first-order valence-corrected chi connectivity index (χ1v) is 8.62. The molecule has 0 saturated heterocycles. The van der Waals surface area contributed by atoms with Crippen molar-refractivity contribution in [3.8, 4) is 11.3 Å². The summed E-state index contributed by atoms with van der Waals surface area (Å²) in [6, 6.07) is 9.40. The summed E-state index contributed by atoms with van der Waals surface area (Å²) in [6.07, 6.45) is 0. The van der Waals surface area contributed by atoms with Gasteiger partial charge in [-0.15, -0.1) is 11.3 Å². The number of thiazole rings is 1. The molecular weight excluding hydrogens is 318 g/mol. The highest BCUT2D eigenvalue weighted by molar-refractivity contribution is 8.02. The number of urea groups is 1. The number of hydrogen-bond donors (Lipinski definition) is 2. The molecule has 2 aromatic rings. The van der Waals surface area contributed by atoms with Crippen molar-refractivity contribution >= 4 is 35.0 Å². The number of carbonyl (C=O) groups is 2. The lowest BCUT2D eigenvalue weighted by molar-refractivity contribution is -0.119. The quantitative estimate of drug-likeness (QED) is 0.824. The Kier molecular flexibility index (Phi) is 5.97. The number of hydrogen-bond acceptors (Lipinski definition) is 5. The Morgan fingerprint density at radius 2 is 2.05 bits per heavy atom. The van der Waals surface area contributed by atoms with Gasteiger partial charge in [0.25, 0.3) is 0 Å². The van der Waals surface area contributed by atoms with Crippen molar-refractivity contribution in [3.63, 3.8) is 0 Å². The largest absolute Gasteiger partial charge is 0.338 e. The number of carbonyl (C=O) groups excluding carboxylic acids is 2. The van der Waals surface area contributed by atoms with E-state index < -0.39 is 11.3 Å². The molecule has 1 aromatic carbocycles. The van der Waals surface area contributed by atoms with Crippen LogP contribution in [-0.4, -0.2) is 28.7 Å². The van der Waals surface area contributed by atoms with E-state index in [-0.39, 0.29) is 5.91 Å². The molecule has 2 rings (SSSR count). The Labute approximate surface area is 137 Å². The highest BCUT2D eigenvalue weighted by Gasteiger charge is 2.18. The molecule has 1 aromatic heterocycles. The molecule has 0 bridgehead atoms. The second kappa shape index (κ2) is 7.95. The molecule has 1 heterocycles. The second-order valence-corrected chi connectivity index (χ2v) is 6.92. The summed E-state index contributed by atoms with van der Waals surface area (Å²) in [5.41, 5.74) is 1.94. The van der Waals surface area contributed by atoms with Crippen molar-refractivity contribution in [2.45, 2.75) is 23.4 Å². The van der Waals surface area contributed by atoms with E-state index in [1.54, 1.807) is 13.8 Å². The van der Waals surface area contributed by atoms with Gasteiger partial charge in [0.1, 0.15) is 0 Å². The second-order valence-electron chi connectivity index (χ2n) is 4.47. The predicted octanol–water partition coefficient (Wildman–Crippen LogP) is 3.14. The topological polar surface area (TPSA) is 71.1 Å². The predicted molar refractivity (Wildman–Crippen MR) is 90.1 cm³/mol. The van der Waals surface area contributed by atoms with E-state index in [0.717, 1.165) is 15.6 Å². The maximum absolute atomic E-state index is 11.9. The number of thioether (sulfide) groups is 1. The minimum absolute atomic E-state index is 0.326. The highest BCUT2D eigenvalue weighted by atomic mass is 32.2. The Hall–Kier alpha value is -1.86. The number of benzene rings is 1. The molecule has 2 N–H and O–H groups in total. The lowest BCUT2D eigenvalue weighted by Gasteiger charge is -2.09. The van der Waals surface area contributed by atoms with Gasteiger partial charge in [0.2, 0.25) is 5.91 Å². The van der Waals surface area contributed by atoms with Gasteiger partial charge in [-0.25, -0.2) is 9.78 Å². The Balaban J connectivity index is 1.95. The van der Waals surface area contributed by atoms with Gasteiger partial charge in [0, 0.05) is 17.5 Å². The molecule has 0 aliphatic heterocycles. The molecule has 1 unspecified atom stereocenters. The molecule has 0 spiro atoms. The summed E-state index contributed by atoms with van der Waals surface area (Å²) in [5, 5.41) is 6.41. The Bertz CT molecular complexity index is 643. The van der Waals surface area contributed by atoms with Gasteiger partial charge in [-0.3, -0.25) is 10.1 Å². The van der Waals surface area contributed by atoms with Crippen LogP contribution in [0.5, 0.6) is 0 Å². The summed E-state index contributed by atoms with van der Waals surface area (Å²) in [4.78, 5) is 27.7. The smallest absolute Gasteiger partial charge is 0.321 e. The molecule has 0 fully saturated rings. The number of nitrogens with one attached hydrogen (secondary N) is 2. The molecule has 3 amide bonds. The van der Waals surface area contributed by atoms with Crippen molar-refractivity contribution in [2.24, 2.45) is 0 Å². The van der Waals surface area contributed by atoms with Crippen LogP contribution in [0.2, 0.25) is 0 Å². The van der Waals surface area contributed by atoms with E-state index in [1.165, 1.54) is 23.1 Å². The van der Waals surface area contributed by atoms with Crippen molar-refractivity contribution in [1.82, 2.24) is 15.6 Å². The van der Waals surface area contributed by atoms with Crippen LogP contribution < -0.4 is 10.6 Å². The lowest BCUT2D eigenvalue weighted by Crippen LogP contribution is -2.42. The maximum Gasteiger partial charge on any atom is 0.321 e. The van der Waals surface area contributed by atoms with Crippen molar-refractivity contribution < 1.29 is 9.59 Å². The molecule has 1 atom stereocenters. The minimum atomic E-state index is -0.468. The molecule has 0 aliphatic rings. The number of amides is 3. The number of imide groups is 1. The summed E-state index contributed by atoms with van der Waals surface area (Å²) in [7, 11) is 0. The van der Waals surface area contributed by atoms with Crippen LogP contribution in [0.1, 0.15) is 13.8 Å². The van der Waals surface area contributed by atoms with E-state index in [1.807, 2.05) is 35.7 Å². The monoisotopic (exact) mass is 335 g/mol. The summed E-state index contributed by atoms with van der Waals surface area (Å²) < 4.78 is 0.803. The zero-order valence-electron chi connectivity index (χ0n) is 12.3. The summed E-state index contributed by atoms with van der Waals surface area (Å²) in [5.74, 6) is -0.326. The van der Waals surface area contributed by atoms with E-state index in [9.17, 15) is 9.59 Å². The fourth-order valence-electron chi connectivity index (χ4n) is 1.68. The minimum Gasteiger partial charge on any atom is -0.338 e. The van der Waals surface area contributed by atoms with Gasteiger partial charge in [0.05, 0.1) is 10.9 Å². The molecule has 116 valence electrons. The zero-order chi connectivity index (χ0) is 15.9. The van der Waals surface area contributed by atoms with Crippen LogP contribution in [0.3, 0.4) is 0 Å². The number of nitrogens with zero attached hydrogens (tertiary/aromatic N) is 1. The molecule has 5 nitrogen and oxygen atoms in total. The van der Waals surface area contributed by atoms with Crippen molar-refractivity contribution in [1.29, 1.82) is 0 Å². The highest BCUT2D eigenvalue weighted by Crippen LogP contribution is 2.30. The Morgan fingerprint density at radius 3 is 2.73 bits per heavy atom. The number of rotatable bonds is 5. The summed E-state index contributed by atoms with van der Waals surface area (Å²) in [6.45, 7) is 4.03. The Morgan fingerprint density at radius 1 is 1.32 bits per heavy atom. The van der Waals surface area contributed by atoms with Crippen molar-refractivity contribution in [2.75, 3.05) is 6.54 Å². The van der Waals surface area contributed by atoms with Gasteiger partial charge >= 0.3 is 6.03 Å². The van der Waals surface area contributed by atoms with Gasteiger partial charge in [0.15, 0.2) is 4.34 Å². The van der Waals surface area contributed by atoms with Gasteiger partial charge in [-0.2, -0.15) is 0 Å². The van der Waals surface area contributed by atoms with E-state index in [4.69, 9.17) is 0 Å². The molecular formula is C15H17N3O2S2. The lowest BCUT2D eigenvalue weighted by atomic mass is 10.2. The molecule has 0 saturated carbocycles. The third-order valence-corrected chi connectivity index (χ3v) is 4.85. The molecule has 7 heteroatoms. The van der Waals surface area contributed by atoms with Crippen LogP contribution in [0.4, 0.5) is 4.79 Å². The van der Waals surface area contributed by atoms with Gasteiger partial charge in [-0.05, 0) is 13.8 Å². The SMILES string of the molecule is CCNC(=O)NC(=O)C(C)Sc1nc(-c2ccccc2)cs1. The molecule has 0 aliphatic carbocycles. The standard InChI is InChI=1S/C15H17N3O2S2/c1-3-16-14(20)18-13(19)10(2)22-15-17-12(9-21-15)11-7-5-4-6-8-11/h4-10H,3H2,1-2H3,(H2,16,18,19,20). The average molecular weight is 335 g/mol. The normalized spacial score (nSPS) is 11.7. The first kappa shape index (κ1) is 16.5.